The van der Waals surface area contributed by atoms with Gasteiger partial charge in [0.05, 0.1) is 24.8 Å². The van der Waals surface area contributed by atoms with Gasteiger partial charge in [0.25, 0.3) is 5.56 Å². The number of aromatic amines is 1. The first-order chi connectivity index (χ1) is 13.4. The van der Waals surface area contributed by atoms with E-state index in [-0.39, 0.29) is 17.5 Å². The molecule has 0 aliphatic heterocycles. The lowest BCUT2D eigenvalue weighted by Gasteiger charge is -2.09. The highest BCUT2D eigenvalue weighted by Gasteiger charge is 2.14. The topological polar surface area (TPSA) is 115 Å². The number of hydrogen-bond acceptors (Lipinski definition) is 6. The average Bonchev–Trinajstić information content (AvgIpc) is 2.98. The molecule has 1 aromatic carbocycles. The van der Waals surface area contributed by atoms with Crippen LogP contribution in [0.4, 0.5) is 10.7 Å². The first kappa shape index (κ1) is 19.2. The monoisotopic (exact) mass is 384 g/mol. The van der Waals surface area contributed by atoms with Gasteiger partial charge in [0.15, 0.2) is 0 Å². The average molecular weight is 384 g/mol. The summed E-state index contributed by atoms with van der Waals surface area (Å²) in [4.78, 5) is 42.4. The van der Waals surface area contributed by atoms with Crippen LogP contribution in [-0.2, 0) is 16.0 Å². The van der Waals surface area contributed by atoms with E-state index in [9.17, 15) is 14.4 Å². The molecular formula is C19H20N4O5. The van der Waals surface area contributed by atoms with Crippen LogP contribution < -0.4 is 10.9 Å². The second-order valence-corrected chi connectivity index (χ2v) is 6.05. The fourth-order valence-corrected chi connectivity index (χ4v) is 2.85. The van der Waals surface area contributed by atoms with Crippen molar-refractivity contribution >= 4 is 29.0 Å². The summed E-state index contributed by atoms with van der Waals surface area (Å²) in [5.74, 6) is -0.358. The first-order valence-corrected chi connectivity index (χ1v) is 8.64. The Morgan fingerprint density at radius 1 is 1.25 bits per heavy atom. The number of nitrogens with one attached hydrogen (secondary N) is 2. The molecule has 0 atom stereocenters. The maximum absolute atomic E-state index is 12.5. The maximum atomic E-state index is 12.5. The molecule has 0 bridgehead atoms. The molecule has 0 aliphatic carbocycles. The number of nitrogens with zero attached hydrogens (tertiary/aromatic N) is 2. The number of hydrogen-bond donors (Lipinski definition) is 2. The molecule has 3 aromatic rings. The number of methoxy groups -OCH3 is 1. The summed E-state index contributed by atoms with van der Waals surface area (Å²) in [5, 5.41) is 2.35. The first-order valence-electron chi connectivity index (χ1n) is 8.64. The van der Waals surface area contributed by atoms with Crippen LogP contribution in [0.5, 0.6) is 0 Å². The molecule has 0 unspecified atom stereocenters. The van der Waals surface area contributed by atoms with E-state index in [1.807, 2.05) is 23.6 Å². The van der Waals surface area contributed by atoms with Crippen molar-refractivity contribution in [1.29, 1.82) is 0 Å². The summed E-state index contributed by atoms with van der Waals surface area (Å²) in [5.41, 5.74) is 2.67. The zero-order valence-corrected chi connectivity index (χ0v) is 15.7. The van der Waals surface area contributed by atoms with E-state index < -0.39 is 6.09 Å². The lowest BCUT2D eigenvalue weighted by atomic mass is 10.1. The van der Waals surface area contributed by atoms with Crippen molar-refractivity contribution in [3.63, 3.8) is 0 Å². The molecule has 1 amide bonds. The number of esters is 1. The van der Waals surface area contributed by atoms with E-state index >= 15 is 0 Å². The van der Waals surface area contributed by atoms with E-state index in [0.29, 0.717) is 29.7 Å². The third-order valence-electron chi connectivity index (χ3n) is 4.17. The minimum atomic E-state index is -0.722. The number of rotatable bonds is 5. The Hall–Kier alpha value is -3.62. The van der Waals surface area contributed by atoms with Crippen molar-refractivity contribution in [2.75, 3.05) is 19.0 Å². The van der Waals surface area contributed by atoms with Crippen LogP contribution in [0.3, 0.4) is 0 Å². The van der Waals surface area contributed by atoms with Crippen molar-refractivity contribution in [3.05, 3.63) is 57.5 Å². The summed E-state index contributed by atoms with van der Waals surface area (Å²) in [7, 11) is 1.22. The molecule has 146 valence electrons. The van der Waals surface area contributed by atoms with Crippen molar-refractivity contribution in [2.45, 2.75) is 20.4 Å². The highest BCUT2D eigenvalue weighted by Crippen LogP contribution is 2.18. The van der Waals surface area contributed by atoms with Crippen molar-refractivity contribution in [2.24, 2.45) is 0 Å². The van der Waals surface area contributed by atoms with Gasteiger partial charge < -0.3 is 14.0 Å². The van der Waals surface area contributed by atoms with Crippen LogP contribution in [0.1, 0.15) is 28.5 Å². The van der Waals surface area contributed by atoms with Crippen LogP contribution in [-0.4, -0.2) is 40.3 Å². The largest absolute Gasteiger partial charge is 0.462 e. The number of aryl methyl sites for hydroxylation is 1. The Morgan fingerprint density at radius 2 is 1.96 bits per heavy atom. The molecule has 0 radical (unpaired) electrons. The molecule has 3 rings (SSSR count). The third kappa shape index (κ3) is 3.88. The van der Waals surface area contributed by atoms with Gasteiger partial charge in [0.1, 0.15) is 5.52 Å². The number of carbonyl (C=O) groups is 2. The SMILES string of the molecule is CCOC(=O)c1ccc(Cn2c(C)cc3nc(NC(=O)OC)[nH]c(=O)c32)cc1. The standard InChI is InChI=1S/C19H20N4O5/c1-4-28-17(25)13-7-5-12(6-8-13)10-23-11(2)9-14-15(23)16(24)21-18(20-14)22-19(26)27-3/h5-9H,4,10H2,1-3H3,(H2,20,21,22,24,26). The molecule has 0 saturated carbocycles. The van der Waals surface area contributed by atoms with Gasteiger partial charge in [-0.2, -0.15) is 0 Å². The summed E-state index contributed by atoms with van der Waals surface area (Å²) in [6, 6.07) is 8.77. The van der Waals surface area contributed by atoms with E-state index in [4.69, 9.17) is 4.74 Å². The smallest absolute Gasteiger partial charge is 0.413 e. The Morgan fingerprint density at radius 3 is 2.61 bits per heavy atom. The summed E-state index contributed by atoms with van der Waals surface area (Å²) in [6.07, 6.45) is -0.722. The molecule has 2 heterocycles. The number of H-pyrrole nitrogens is 1. The Kier molecular flexibility index (Phi) is 5.44. The molecule has 2 N–H and O–H groups in total. The molecular weight excluding hydrogens is 364 g/mol. The van der Waals surface area contributed by atoms with Crippen LogP contribution in [0.15, 0.2) is 35.1 Å². The number of ether oxygens (including phenoxy) is 2. The Balaban J connectivity index is 1.91. The fourth-order valence-electron chi connectivity index (χ4n) is 2.85. The number of aromatic nitrogens is 3. The highest BCUT2D eigenvalue weighted by atomic mass is 16.5. The Bertz CT molecular complexity index is 1080. The summed E-state index contributed by atoms with van der Waals surface area (Å²) >= 11 is 0. The molecule has 0 aliphatic rings. The second kappa shape index (κ2) is 7.95. The Labute approximate surface area is 160 Å². The lowest BCUT2D eigenvalue weighted by Crippen LogP contribution is -2.19. The van der Waals surface area contributed by atoms with Gasteiger partial charge in [-0.3, -0.25) is 15.1 Å². The molecule has 0 saturated heterocycles. The molecule has 0 spiro atoms. The number of amides is 1. The molecule has 9 nitrogen and oxygen atoms in total. The predicted octanol–water partition coefficient (Wildman–Crippen LogP) is 2.44. The highest BCUT2D eigenvalue weighted by molar-refractivity contribution is 5.89. The van der Waals surface area contributed by atoms with Gasteiger partial charge in [-0.15, -0.1) is 0 Å². The van der Waals surface area contributed by atoms with Crippen molar-refractivity contribution in [3.8, 4) is 0 Å². The van der Waals surface area contributed by atoms with Crippen molar-refractivity contribution < 1.29 is 19.1 Å². The van der Waals surface area contributed by atoms with Gasteiger partial charge in [0.2, 0.25) is 5.95 Å². The normalized spacial score (nSPS) is 10.7. The zero-order valence-electron chi connectivity index (χ0n) is 15.7. The fraction of sp³-hybridized carbons (Fsp3) is 0.263. The number of carbonyl (C=O) groups excluding carboxylic acids is 2. The molecule has 0 fully saturated rings. The molecule has 9 heteroatoms. The molecule has 2 aromatic heterocycles. The lowest BCUT2D eigenvalue weighted by molar-refractivity contribution is 0.0526. The van der Waals surface area contributed by atoms with E-state index in [1.165, 1.54) is 7.11 Å². The van der Waals surface area contributed by atoms with Crippen LogP contribution in [0, 0.1) is 6.92 Å². The van der Waals surface area contributed by atoms with Gasteiger partial charge in [-0.1, -0.05) is 12.1 Å². The van der Waals surface area contributed by atoms with Gasteiger partial charge >= 0.3 is 12.1 Å². The maximum Gasteiger partial charge on any atom is 0.413 e. The van der Waals surface area contributed by atoms with E-state index in [2.05, 4.69) is 20.0 Å². The van der Waals surface area contributed by atoms with E-state index in [1.54, 1.807) is 25.1 Å². The van der Waals surface area contributed by atoms with Crippen LogP contribution in [0.2, 0.25) is 0 Å². The van der Waals surface area contributed by atoms with E-state index in [0.717, 1.165) is 11.3 Å². The summed E-state index contributed by atoms with van der Waals surface area (Å²) in [6.45, 7) is 4.36. The van der Waals surface area contributed by atoms with Crippen molar-refractivity contribution in [1.82, 2.24) is 14.5 Å². The quantitative estimate of drug-likeness (QED) is 0.653. The van der Waals surface area contributed by atoms with Gasteiger partial charge in [-0.25, -0.2) is 14.6 Å². The van der Waals surface area contributed by atoms with Crippen LogP contribution in [0.25, 0.3) is 11.0 Å². The second-order valence-electron chi connectivity index (χ2n) is 6.05. The zero-order chi connectivity index (χ0) is 20.3. The molecule has 28 heavy (non-hydrogen) atoms. The number of benzene rings is 1. The van der Waals surface area contributed by atoms with Gasteiger partial charge in [0, 0.05) is 12.2 Å². The van der Waals surface area contributed by atoms with Crippen LogP contribution >= 0.6 is 0 Å². The van der Waals surface area contributed by atoms with Gasteiger partial charge in [-0.05, 0) is 37.6 Å². The number of anilines is 1. The number of fused-ring (bicyclic) bond motifs is 1. The predicted molar refractivity (Wildman–Crippen MR) is 103 cm³/mol. The minimum Gasteiger partial charge on any atom is -0.462 e. The minimum absolute atomic E-state index is 0.0142. The summed E-state index contributed by atoms with van der Waals surface area (Å²) < 4.78 is 11.3. The third-order valence-corrected chi connectivity index (χ3v) is 4.17.